The first-order valence-corrected chi connectivity index (χ1v) is 9.06. The first-order valence-electron chi connectivity index (χ1n) is 8.27. The maximum Gasteiger partial charge on any atom is 0.416 e. The van der Waals surface area contributed by atoms with Crippen molar-refractivity contribution >= 4 is 40.5 Å². The van der Waals surface area contributed by atoms with Crippen molar-refractivity contribution in [1.29, 1.82) is 0 Å². The van der Waals surface area contributed by atoms with E-state index in [9.17, 15) is 18.0 Å². The van der Waals surface area contributed by atoms with Gasteiger partial charge in [0.2, 0.25) is 5.82 Å². The molecule has 0 aliphatic carbocycles. The van der Waals surface area contributed by atoms with Gasteiger partial charge in [0.25, 0.3) is 5.91 Å². The van der Waals surface area contributed by atoms with Crippen LogP contribution in [-0.2, 0) is 17.5 Å². The van der Waals surface area contributed by atoms with E-state index in [1.807, 2.05) is 0 Å². The molecule has 30 heavy (non-hydrogen) atoms. The zero-order valence-electron chi connectivity index (χ0n) is 14.9. The third kappa shape index (κ3) is 5.87. The van der Waals surface area contributed by atoms with Crippen LogP contribution in [0.15, 0.2) is 48.5 Å². The minimum Gasteiger partial charge on any atom is -0.331 e. The number of hydrogen-bond acceptors (Lipinski definition) is 5. The number of carbonyl (C=O) groups excluding carboxylic acids is 1. The summed E-state index contributed by atoms with van der Waals surface area (Å²) < 4.78 is 37.9. The molecular formula is C17H13ClF3N7OS. The van der Waals surface area contributed by atoms with E-state index in [1.54, 1.807) is 24.3 Å². The fourth-order valence-electron chi connectivity index (χ4n) is 2.22. The summed E-state index contributed by atoms with van der Waals surface area (Å²) in [5.74, 6) is -0.434. The van der Waals surface area contributed by atoms with Gasteiger partial charge in [0, 0.05) is 16.3 Å². The molecule has 0 radical (unpaired) electrons. The second kappa shape index (κ2) is 9.05. The van der Waals surface area contributed by atoms with E-state index in [2.05, 4.69) is 31.6 Å². The van der Waals surface area contributed by atoms with Crippen LogP contribution in [0.3, 0.4) is 0 Å². The maximum absolute atomic E-state index is 12.6. The van der Waals surface area contributed by atoms with E-state index in [-0.39, 0.29) is 17.5 Å². The molecule has 0 aliphatic heterocycles. The van der Waals surface area contributed by atoms with Crippen LogP contribution in [0, 0.1) is 0 Å². The zero-order valence-corrected chi connectivity index (χ0v) is 16.5. The maximum atomic E-state index is 12.6. The smallest absolute Gasteiger partial charge is 0.331 e. The first-order chi connectivity index (χ1) is 14.2. The Morgan fingerprint density at radius 3 is 2.37 bits per heavy atom. The number of alkyl halides is 3. The first kappa shape index (κ1) is 21.5. The van der Waals surface area contributed by atoms with Crippen LogP contribution in [0.5, 0.6) is 0 Å². The number of tetrazole rings is 1. The summed E-state index contributed by atoms with van der Waals surface area (Å²) in [7, 11) is 0. The monoisotopic (exact) mass is 455 g/mol. The van der Waals surface area contributed by atoms with Gasteiger partial charge in [-0.1, -0.05) is 23.7 Å². The molecule has 3 rings (SSSR count). The van der Waals surface area contributed by atoms with Gasteiger partial charge in [0.15, 0.2) is 5.11 Å². The minimum absolute atomic E-state index is 0.0874. The van der Waals surface area contributed by atoms with Gasteiger partial charge in [0.05, 0.1) is 5.56 Å². The van der Waals surface area contributed by atoms with E-state index >= 15 is 0 Å². The zero-order chi connectivity index (χ0) is 21.7. The van der Waals surface area contributed by atoms with Gasteiger partial charge < -0.3 is 5.32 Å². The van der Waals surface area contributed by atoms with Crippen LogP contribution in [0.25, 0.3) is 11.4 Å². The predicted octanol–water partition coefficient (Wildman–Crippen LogP) is 3.03. The summed E-state index contributed by atoms with van der Waals surface area (Å²) in [5, 5.41) is 15.0. The number of halogens is 4. The lowest BCUT2D eigenvalue weighted by Crippen LogP contribution is -2.45. The molecule has 0 unspecified atom stereocenters. The van der Waals surface area contributed by atoms with Crippen molar-refractivity contribution < 1.29 is 18.0 Å². The Kier molecular flexibility index (Phi) is 6.47. The Bertz CT molecular complexity index is 1040. The lowest BCUT2D eigenvalue weighted by Gasteiger charge is -2.11. The number of hydrazine groups is 1. The van der Waals surface area contributed by atoms with Crippen molar-refractivity contribution in [3.05, 3.63) is 59.1 Å². The molecule has 0 spiro atoms. The number of amides is 1. The summed E-state index contributed by atoms with van der Waals surface area (Å²) >= 11 is 10.9. The summed E-state index contributed by atoms with van der Waals surface area (Å²) in [4.78, 5) is 13.0. The molecule has 0 aliphatic rings. The highest BCUT2D eigenvalue weighted by Crippen LogP contribution is 2.30. The number of aromatic nitrogens is 4. The number of anilines is 1. The van der Waals surface area contributed by atoms with Crippen molar-refractivity contribution in [2.45, 2.75) is 12.7 Å². The topological polar surface area (TPSA) is 96.8 Å². The third-order valence-corrected chi connectivity index (χ3v) is 4.08. The number of thiocarbonyl (C=S) groups is 1. The Morgan fingerprint density at radius 2 is 1.73 bits per heavy atom. The van der Waals surface area contributed by atoms with Gasteiger partial charge in [-0.25, -0.2) is 0 Å². The molecule has 8 nitrogen and oxygen atoms in total. The number of rotatable bonds is 4. The Balaban J connectivity index is 1.51. The van der Waals surface area contributed by atoms with E-state index < -0.39 is 17.6 Å². The third-order valence-electron chi connectivity index (χ3n) is 3.63. The van der Waals surface area contributed by atoms with Crippen molar-refractivity contribution in [2.24, 2.45) is 0 Å². The highest BCUT2D eigenvalue weighted by atomic mass is 35.5. The molecule has 1 heterocycles. The Labute approximate surface area is 178 Å². The Hall–Kier alpha value is -3.25. The molecule has 0 saturated heterocycles. The average Bonchev–Trinajstić information content (AvgIpc) is 3.16. The minimum atomic E-state index is -4.43. The predicted molar refractivity (Wildman–Crippen MR) is 107 cm³/mol. The molecule has 2 aromatic carbocycles. The van der Waals surface area contributed by atoms with Crippen molar-refractivity contribution in [2.75, 3.05) is 5.32 Å². The largest absolute Gasteiger partial charge is 0.416 e. The lowest BCUT2D eigenvalue weighted by atomic mass is 10.1. The molecule has 3 N–H and O–H groups in total. The normalized spacial score (nSPS) is 11.1. The van der Waals surface area contributed by atoms with Gasteiger partial charge in [0.1, 0.15) is 6.54 Å². The van der Waals surface area contributed by atoms with Crippen LogP contribution in [0.2, 0.25) is 5.02 Å². The molecular weight excluding hydrogens is 443 g/mol. The van der Waals surface area contributed by atoms with E-state index in [1.165, 1.54) is 12.1 Å². The number of nitrogens with one attached hydrogen (secondary N) is 3. The molecule has 0 bridgehead atoms. The standard InChI is InChI=1S/C17H13ClF3N7OS/c18-12-5-7-13(8-6-12)22-16(30)25-23-14(29)9-28-26-15(24-27-28)10-1-3-11(4-2-10)17(19,20)21/h1-8H,9H2,(H,23,29)(H2,22,25,30). The SMILES string of the molecule is O=C(Cn1nnc(-c2ccc(C(F)(F)F)cc2)n1)NNC(=S)Nc1ccc(Cl)cc1. The van der Waals surface area contributed by atoms with Crippen molar-refractivity contribution in [3.63, 3.8) is 0 Å². The van der Waals surface area contributed by atoms with Gasteiger partial charge in [-0.15, -0.1) is 10.2 Å². The van der Waals surface area contributed by atoms with Crippen LogP contribution in [0.4, 0.5) is 18.9 Å². The average molecular weight is 456 g/mol. The summed E-state index contributed by atoms with van der Waals surface area (Å²) in [5.41, 5.74) is 5.10. The second-order valence-electron chi connectivity index (χ2n) is 5.85. The molecule has 1 amide bonds. The molecule has 1 aromatic heterocycles. The van der Waals surface area contributed by atoms with E-state index in [4.69, 9.17) is 23.8 Å². The molecule has 13 heteroatoms. The fourth-order valence-corrected chi connectivity index (χ4v) is 2.52. The van der Waals surface area contributed by atoms with Crippen molar-refractivity contribution in [1.82, 2.24) is 31.1 Å². The van der Waals surface area contributed by atoms with Crippen LogP contribution in [-0.4, -0.2) is 31.2 Å². The van der Waals surface area contributed by atoms with Crippen molar-refractivity contribution in [3.8, 4) is 11.4 Å². The van der Waals surface area contributed by atoms with Crippen LogP contribution in [0.1, 0.15) is 5.56 Å². The van der Waals surface area contributed by atoms with E-state index in [0.717, 1.165) is 16.9 Å². The molecule has 0 fully saturated rings. The molecule has 156 valence electrons. The molecule has 0 atom stereocenters. The number of benzene rings is 2. The van der Waals surface area contributed by atoms with Gasteiger partial charge in [-0.3, -0.25) is 15.6 Å². The number of hydrogen-bond donors (Lipinski definition) is 3. The van der Waals surface area contributed by atoms with Gasteiger partial charge in [-0.2, -0.15) is 18.0 Å². The van der Waals surface area contributed by atoms with Crippen LogP contribution < -0.4 is 16.2 Å². The quantitative estimate of drug-likeness (QED) is 0.411. The molecule has 0 saturated carbocycles. The summed E-state index contributed by atoms with van der Waals surface area (Å²) in [6, 6.07) is 11.1. The van der Waals surface area contributed by atoms with Gasteiger partial charge in [-0.05, 0) is 53.8 Å². The highest BCUT2D eigenvalue weighted by Gasteiger charge is 2.30. The highest BCUT2D eigenvalue weighted by molar-refractivity contribution is 7.80. The summed E-state index contributed by atoms with van der Waals surface area (Å²) in [6.45, 7) is -0.288. The van der Waals surface area contributed by atoms with Crippen LogP contribution >= 0.6 is 23.8 Å². The molecule has 3 aromatic rings. The fraction of sp³-hybridized carbons (Fsp3) is 0.118. The number of nitrogens with zero attached hydrogens (tertiary/aromatic N) is 4. The Morgan fingerprint density at radius 1 is 1.07 bits per heavy atom. The van der Waals surface area contributed by atoms with E-state index in [0.29, 0.717) is 16.3 Å². The summed E-state index contributed by atoms with van der Waals surface area (Å²) in [6.07, 6.45) is -4.43. The van der Waals surface area contributed by atoms with Gasteiger partial charge >= 0.3 is 6.18 Å². The second-order valence-corrected chi connectivity index (χ2v) is 6.70. The number of carbonyl (C=O) groups is 1. The lowest BCUT2D eigenvalue weighted by molar-refractivity contribution is -0.137.